The van der Waals surface area contributed by atoms with E-state index >= 15 is 0 Å². The highest BCUT2D eigenvalue weighted by molar-refractivity contribution is 7.91. The number of amides is 2. The van der Waals surface area contributed by atoms with Gasteiger partial charge in [-0.15, -0.1) is 0 Å². The monoisotopic (exact) mass is 473 g/mol. The van der Waals surface area contributed by atoms with Gasteiger partial charge in [0.2, 0.25) is 0 Å². The van der Waals surface area contributed by atoms with Crippen LogP contribution in [0.15, 0.2) is 59.5 Å². The van der Waals surface area contributed by atoms with E-state index in [1.54, 1.807) is 56.3 Å². The van der Waals surface area contributed by atoms with Gasteiger partial charge >= 0.3 is 6.09 Å². The van der Waals surface area contributed by atoms with Crippen molar-refractivity contribution in [2.45, 2.75) is 43.3 Å². The minimum Gasteiger partial charge on any atom is -0.447 e. The van der Waals surface area contributed by atoms with Gasteiger partial charge in [-0.05, 0) is 50.7 Å². The largest absolute Gasteiger partial charge is 0.447 e. The molecule has 0 aromatic heterocycles. The molecule has 32 heavy (non-hydrogen) atoms. The predicted octanol–water partition coefficient (Wildman–Crippen LogP) is 2.74. The zero-order valence-corrected chi connectivity index (χ0v) is 19.4. The minimum atomic E-state index is -4.09. The van der Waals surface area contributed by atoms with Crippen LogP contribution < -0.4 is 5.32 Å². The van der Waals surface area contributed by atoms with E-state index in [1.807, 2.05) is 6.92 Å². The zero-order valence-electron chi connectivity index (χ0n) is 17.8. The summed E-state index contributed by atoms with van der Waals surface area (Å²) in [4.78, 5) is 27.0. The second kappa shape index (κ2) is 7.86. The first kappa shape index (κ1) is 22.2. The quantitative estimate of drug-likeness (QED) is 0.682. The average molecular weight is 474 g/mol. The third-order valence-electron chi connectivity index (χ3n) is 5.59. The molecule has 0 radical (unpaired) electrons. The van der Waals surface area contributed by atoms with E-state index in [1.165, 1.54) is 12.1 Å². The molecule has 2 amide bonds. The lowest BCUT2D eigenvalue weighted by Gasteiger charge is -2.31. The highest BCUT2D eigenvalue weighted by Gasteiger charge is 2.54. The van der Waals surface area contributed by atoms with Crippen molar-refractivity contribution < 1.29 is 22.7 Å². The van der Waals surface area contributed by atoms with Crippen molar-refractivity contribution in [3.63, 3.8) is 0 Å². The van der Waals surface area contributed by atoms with Gasteiger partial charge in [-0.2, -0.15) is 0 Å². The van der Waals surface area contributed by atoms with Crippen molar-refractivity contribution in [1.29, 1.82) is 0 Å². The maximum absolute atomic E-state index is 13.6. The van der Waals surface area contributed by atoms with E-state index < -0.39 is 39.6 Å². The molecule has 2 heterocycles. The molecule has 168 valence electrons. The van der Waals surface area contributed by atoms with Crippen LogP contribution in [0.3, 0.4) is 0 Å². The fraction of sp³-hybridized carbons (Fsp3) is 0.318. The summed E-state index contributed by atoms with van der Waals surface area (Å²) in [5.41, 5.74) is 0.606. The molecule has 2 aliphatic rings. The zero-order chi connectivity index (χ0) is 23.3. The van der Waals surface area contributed by atoms with Crippen LogP contribution in [-0.2, 0) is 19.6 Å². The van der Waals surface area contributed by atoms with Gasteiger partial charge in [0, 0.05) is 0 Å². The standard InChI is InChI=1S/C22H23N3O5S2/c1-14-9-11-16(12-10-14)32(28,29)25-18(15-7-5-4-6-8-15)17(23-20(25)31)19(26)24-21(27)30-13-22(24,2)3/h4-12,17-18H,13H2,1-3H3,(H,23,31)/t17-,18+/m1/s1. The number of carbonyl (C=O) groups is 2. The van der Waals surface area contributed by atoms with E-state index in [4.69, 9.17) is 17.0 Å². The molecule has 2 aromatic carbocycles. The van der Waals surface area contributed by atoms with Crippen LogP contribution in [-0.4, -0.2) is 52.9 Å². The normalized spacial score (nSPS) is 22.6. The van der Waals surface area contributed by atoms with Crippen LogP contribution in [0.25, 0.3) is 0 Å². The van der Waals surface area contributed by atoms with Gasteiger partial charge in [0.1, 0.15) is 18.7 Å². The first-order chi connectivity index (χ1) is 15.0. The molecule has 2 atom stereocenters. The van der Waals surface area contributed by atoms with Gasteiger partial charge in [0.15, 0.2) is 5.11 Å². The number of thiocarbonyl (C=S) groups is 1. The number of nitrogens with zero attached hydrogens (tertiary/aromatic N) is 2. The summed E-state index contributed by atoms with van der Waals surface area (Å²) in [6.07, 6.45) is -0.764. The molecule has 2 saturated heterocycles. The lowest BCUT2D eigenvalue weighted by Crippen LogP contribution is -2.54. The highest BCUT2D eigenvalue weighted by Crippen LogP contribution is 2.37. The van der Waals surface area contributed by atoms with Gasteiger partial charge < -0.3 is 10.1 Å². The molecule has 0 saturated carbocycles. The third-order valence-corrected chi connectivity index (χ3v) is 7.82. The minimum absolute atomic E-state index is 0.0517. The summed E-state index contributed by atoms with van der Waals surface area (Å²) >= 11 is 5.40. The number of cyclic esters (lactones) is 1. The summed E-state index contributed by atoms with van der Waals surface area (Å²) in [6.45, 7) is 5.33. The molecule has 0 unspecified atom stereocenters. The first-order valence-corrected chi connectivity index (χ1v) is 11.9. The molecular formula is C22H23N3O5S2. The van der Waals surface area contributed by atoms with Crippen molar-refractivity contribution in [2.24, 2.45) is 0 Å². The summed E-state index contributed by atoms with van der Waals surface area (Å²) in [5, 5.41) is 2.75. The number of hydrogen-bond acceptors (Lipinski definition) is 6. The molecule has 4 rings (SSSR count). The molecule has 0 bridgehead atoms. The molecule has 0 aliphatic carbocycles. The topological polar surface area (TPSA) is 96.0 Å². The van der Waals surface area contributed by atoms with Crippen molar-refractivity contribution in [2.75, 3.05) is 6.61 Å². The number of sulfonamides is 1. The van der Waals surface area contributed by atoms with E-state index in [0.717, 1.165) is 14.8 Å². The van der Waals surface area contributed by atoms with Crippen molar-refractivity contribution in [3.8, 4) is 0 Å². The van der Waals surface area contributed by atoms with Crippen LogP contribution >= 0.6 is 12.2 Å². The lowest BCUT2D eigenvalue weighted by molar-refractivity contribution is -0.133. The summed E-state index contributed by atoms with van der Waals surface area (Å²) in [6, 6.07) is 13.1. The van der Waals surface area contributed by atoms with E-state index in [2.05, 4.69) is 5.32 Å². The second-order valence-electron chi connectivity index (χ2n) is 8.44. The fourth-order valence-electron chi connectivity index (χ4n) is 3.94. The summed E-state index contributed by atoms with van der Waals surface area (Å²) in [5.74, 6) is -0.602. The van der Waals surface area contributed by atoms with E-state index in [-0.39, 0.29) is 16.6 Å². The van der Waals surface area contributed by atoms with Crippen LogP contribution in [0, 0.1) is 6.92 Å². The van der Waals surface area contributed by atoms with Crippen LogP contribution in [0.1, 0.15) is 31.0 Å². The third kappa shape index (κ3) is 3.63. The SMILES string of the molecule is Cc1ccc(S(=O)(=O)N2C(=S)N[C@@H](C(=O)N3C(=O)OCC3(C)C)[C@@H]2c2ccccc2)cc1. The number of nitrogens with one attached hydrogen (secondary N) is 1. The number of ether oxygens (including phenoxy) is 1. The molecule has 10 heteroatoms. The molecule has 1 N–H and O–H groups in total. The smallest absolute Gasteiger partial charge is 0.417 e. The lowest BCUT2D eigenvalue weighted by atomic mass is 9.97. The Morgan fingerprint density at radius 1 is 1.12 bits per heavy atom. The molecule has 2 aromatic rings. The van der Waals surface area contributed by atoms with E-state index in [0.29, 0.717) is 5.56 Å². The number of imide groups is 1. The maximum Gasteiger partial charge on any atom is 0.417 e. The Bertz CT molecular complexity index is 1180. The Kier molecular flexibility index (Phi) is 5.46. The van der Waals surface area contributed by atoms with E-state index in [9.17, 15) is 18.0 Å². The Labute approximate surface area is 192 Å². The van der Waals surface area contributed by atoms with Crippen LogP contribution in [0.4, 0.5) is 4.79 Å². The van der Waals surface area contributed by atoms with Gasteiger partial charge in [0.05, 0.1) is 10.4 Å². The molecule has 2 fully saturated rings. The highest BCUT2D eigenvalue weighted by atomic mass is 32.2. The van der Waals surface area contributed by atoms with Crippen LogP contribution in [0.5, 0.6) is 0 Å². The Hall–Kier alpha value is -2.98. The van der Waals surface area contributed by atoms with Crippen molar-refractivity contribution >= 4 is 39.4 Å². The predicted molar refractivity (Wildman–Crippen MR) is 121 cm³/mol. The van der Waals surface area contributed by atoms with Gasteiger partial charge in [-0.25, -0.2) is 22.4 Å². The Balaban J connectivity index is 1.81. The number of aryl methyl sites for hydroxylation is 1. The number of rotatable bonds is 4. The fourth-order valence-corrected chi connectivity index (χ4v) is 5.99. The molecule has 0 spiro atoms. The van der Waals surface area contributed by atoms with Crippen molar-refractivity contribution in [3.05, 3.63) is 65.7 Å². The number of benzene rings is 2. The number of carbonyl (C=O) groups excluding carboxylic acids is 2. The average Bonchev–Trinajstić information content (AvgIpc) is 3.24. The molecular weight excluding hydrogens is 450 g/mol. The van der Waals surface area contributed by atoms with Gasteiger partial charge in [0.25, 0.3) is 15.9 Å². The molecule has 2 aliphatic heterocycles. The number of hydrogen-bond donors (Lipinski definition) is 1. The first-order valence-electron chi connectivity index (χ1n) is 10.0. The van der Waals surface area contributed by atoms with Crippen molar-refractivity contribution in [1.82, 2.24) is 14.5 Å². The Morgan fingerprint density at radius 2 is 1.75 bits per heavy atom. The Morgan fingerprint density at radius 3 is 2.31 bits per heavy atom. The second-order valence-corrected chi connectivity index (χ2v) is 10.6. The van der Waals surface area contributed by atoms with Crippen LogP contribution in [0.2, 0.25) is 0 Å². The summed E-state index contributed by atoms with van der Waals surface area (Å²) < 4.78 is 33.3. The van der Waals surface area contributed by atoms with Gasteiger partial charge in [-0.3, -0.25) is 4.79 Å². The maximum atomic E-state index is 13.6. The molecule has 8 nitrogen and oxygen atoms in total. The van der Waals surface area contributed by atoms with Gasteiger partial charge in [-0.1, -0.05) is 48.0 Å². The summed E-state index contributed by atoms with van der Waals surface area (Å²) in [7, 11) is -4.09.